The lowest BCUT2D eigenvalue weighted by molar-refractivity contribution is 0.0952. The molecule has 5 nitrogen and oxygen atoms in total. The molecule has 0 unspecified atom stereocenters. The molecular formula is C28H36N4O. The molecule has 2 aromatic carbocycles. The highest BCUT2D eigenvalue weighted by Crippen LogP contribution is 2.24. The van der Waals surface area contributed by atoms with Crippen molar-refractivity contribution in [3.8, 4) is 11.3 Å². The van der Waals surface area contributed by atoms with Crippen molar-refractivity contribution in [2.45, 2.75) is 33.6 Å². The Kier molecular flexibility index (Phi) is 7.50. The van der Waals surface area contributed by atoms with E-state index in [4.69, 9.17) is 0 Å². The van der Waals surface area contributed by atoms with Crippen LogP contribution in [0.15, 0.2) is 54.6 Å². The first-order valence-corrected chi connectivity index (χ1v) is 12.1. The molecule has 2 heterocycles. The van der Waals surface area contributed by atoms with Crippen LogP contribution in [0.4, 0.5) is 5.69 Å². The van der Waals surface area contributed by atoms with Crippen LogP contribution in [0.25, 0.3) is 11.3 Å². The molecule has 5 heteroatoms. The van der Waals surface area contributed by atoms with Gasteiger partial charge in [0.15, 0.2) is 0 Å². The first-order valence-electron chi connectivity index (χ1n) is 12.1. The number of benzene rings is 2. The summed E-state index contributed by atoms with van der Waals surface area (Å²) in [5.74, 6) is 0.00747. The molecule has 33 heavy (non-hydrogen) atoms. The number of anilines is 1. The standard InChI is InChI=1S/C28H36N4O/c1-21-10-9-13-27(22(21)2)32-18-16-31(17-19-32)15-8-7-14-29-28(33)25-20-26(30-23(25)3)24-11-5-4-6-12-24/h4-6,9-13,20,30H,7-8,14-19H2,1-3H3,(H,29,33). The van der Waals surface area contributed by atoms with Gasteiger partial charge in [-0.05, 0) is 69.0 Å². The number of unbranched alkanes of at least 4 members (excludes halogenated alkanes) is 1. The number of rotatable bonds is 8. The molecule has 2 N–H and O–H groups in total. The number of aromatic nitrogens is 1. The molecule has 1 aliphatic heterocycles. The van der Waals surface area contributed by atoms with Gasteiger partial charge >= 0.3 is 0 Å². The quantitative estimate of drug-likeness (QED) is 0.484. The number of aromatic amines is 1. The Morgan fingerprint density at radius 2 is 1.70 bits per heavy atom. The Morgan fingerprint density at radius 3 is 2.45 bits per heavy atom. The highest BCUT2D eigenvalue weighted by molar-refractivity contribution is 5.96. The lowest BCUT2D eigenvalue weighted by atomic mass is 10.1. The monoisotopic (exact) mass is 444 g/mol. The summed E-state index contributed by atoms with van der Waals surface area (Å²) in [6.45, 7) is 12.5. The largest absolute Gasteiger partial charge is 0.369 e. The van der Waals surface area contributed by atoms with E-state index < -0.39 is 0 Å². The van der Waals surface area contributed by atoms with Crippen LogP contribution in [0.1, 0.15) is 40.0 Å². The summed E-state index contributed by atoms with van der Waals surface area (Å²) >= 11 is 0. The van der Waals surface area contributed by atoms with E-state index in [9.17, 15) is 4.79 Å². The van der Waals surface area contributed by atoms with Crippen molar-refractivity contribution >= 4 is 11.6 Å². The second-order valence-corrected chi connectivity index (χ2v) is 9.10. The van der Waals surface area contributed by atoms with Crippen molar-refractivity contribution in [1.29, 1.82) is 0 Å². The van der Waals surface area contributed by atoms with Gasteiger partial charge in [0, 0.05) is 49.8 Å². The second-order valence-electron chi connectivity index (χ2n) is 9.10. The summed E-state index contributed by atoms with van der Waals surface area (Å²) in [5, 5.41) is 3.10. The average molecular weight is 445 g/mol. The Hall–Kier alpha value is -3.05. The van der Waals surface area contributed by atoms with E-state index in [2.05, 4.69) is 64.3 Å². The number of nitrogens with zero attached hydrogens (tertiary/aromatic N) is 2. The average Bonchev–Trinajstić information content (AvgIpc) is 3.23. The third kappa shape index (κ3) is 5.66. The van der Waals surface area contributed by atoms with Crippen molar-refractivity contribution in [2.75, 3.05) is 44.2 Å². The van der Waals surface area contributed by atoms with Crippen LogP contribution in [-0.2, 0) is 0 Å². The highest BCUT2D eigenvalue weighted by atomic mass is 16.1. The van der Waals surface area contributed by atoms with Gasteiger partial charge in [-0.2, -0.15) is 0 Å². The molecule has 3 aromatic rings. The number of carbonyl (C=O) groups excluding carboxylic acids is 1. The molecule has 1 saturated heterocycles. The first-order chi connectivity index (χ1) is 16.0. The summed E-state index contributed by atoms with van der Waals surface area (Å²) in [5.41, 5.74) is 7.87. The maximum atomic E-state index is 12.7. The molecular weight excluding hydrogens is 408 g/mol. The maximum Gasteiger partial charge on any atom is 0.253 e. The van der Waals surface area contributed by atoms with E-state index in [0.717, 1.165) is 68.1 Å². The zero-order chi connectivity index (χ0) is 23.2. The Labute approximate surface area is 197 Å². The van der Waals surface area contributed by atoms with Gasteiger partial charge in [0.05, 0.1) is 5.56 Å². The molecule has 1 fully saturated rings. The molecule has 0 saturated carbocycles. The zero-order valence-corrected chi connectivity index (χ0v) is 20.2. The smallest absolute Gasteiger partial charge is 0.253 e. The topological polar surface area (TPSA) is 51.4 Å². The van der Waals surface area contributed by atoms with Crippen LogP contribution in [0.3, 0.4) is 0 Å². The van der Waals surface area contributed by atoms with Crippen LogP contribution in [0.5, 0.6) is 0 Å². The van der Waals surface area contributed by atoms with E-state index >= 15 is 0 Å². The minimum absolute atomic E-state index is 0.00747. The van der Waals surface area contributed by atoms with Crippen LogP contribution < -0.4 is 10.2 Å². The predicted molar refractivity (Wildman–Crippen MR) is 137 cm³/mol. The predicted octanol–water partition coefficient (Wildman–Crippen LogP) is 4.94. The van der Waals surface area contributed by atoms with Crippen molar-refractivity contribution < 1.29 is 4.79 Å². The number of nitrogens with one attached hydrogen (secondary N) is 2. The van der Waals surface area contributed by atoms with E-state index in [0.29, 0.717) is 6.54 Å². The Bertz CT molecular complexity index is 1060. The van der Waals surface area contributed by atoms with E-state index in [1.54, 1.807) is 0 Å². The van der Waals surface area contributed by atoms with Gasteiger partial charge < -0.3 is 15.2 Å². The Morgan fingerprint density at radius 1 is 0.939 bits per heavy atom. The molecule has 1 aromatic heterocycles. The number of piperazine rings is 1. The van der Waals surface area contributed by atoms with Crippen LogP contribution in [0.2, 0.25) is 0 Å². The van der Waals surface area contributed by atoms with Gasteiger partial charge in [0.25, 0.3) is 5.91 Å². The summed E-state index contributed by atoms with van der Waals surface area (Å²) in [6, 6.07) is 18.7. The summed E-state index contributed by atoms with van der Waals surface area (Å²) in [7, 11) is 0. The lowest BCUT2D eigenvalue weighted by Crippen LogP contribution is -2.47. The number of aryl methyl sites for hydroxylation is 2. The molecule has 0 aliphatic carbocycles. The van der Waals surface area contributed by atoms with E-state index in [1.165, 1.54) is 16.8 Å². The summed E-state index contributed by atoms with van der Waals surface area (Å²) in [6.07, 6.45) is 2.10. The first kappa shape index (κ1) is 23.1. The fraction of sp³-hybridized carbons (Fsp3) is 0.393. The Balaban J connectivity index is 1.17. The fourth-order valence-corrected chi connectivity index (χ4v) is 4.62. The van der Waals surface area contributed by atoms with E-state index in [1.807, 2.05) is 31.2 Å². The third-order valence-electron chi connectivity index (χ3n) is 6.82. The minimum Gasteiger partial charge on any atom is -0.369 e. The minimum atomic E-state index is 0.00747. The van der Waals surface area contributed by atoms with Gasteiger partial charge in [-0.1, -0.05) is 42.5 Å². The van der Waals surface area contributed by atoms with Gasteiger partial charge in [-0.3, -0.25) is 9.69 Å². The van der Waals surface area contributed by atoms with Gasteiger partial charge in [0.2, 0.25) is 0 Å². The van der Waals surface area contributed by atoms with E-state index in [-0.39, 0.29) is 5.91 Å². The number of amides is 1. The normalized spacial score (nSPS) is 14.5. The molecule has 174 valence electrons. The fourth-order valence-electron chi connectivity index (χ4n) is 4.62. The van der Waals surface area contributed by atoms with Crippen molar-refractivity contribution in [1.82, 2.24) is 15.2 Å². The van der Waals surface area contributed by atoms with Gasteiger partial charge in [0.1, 0.15) is 0 Å². The van der Waals surface area contributed by atoms with Crippen molar-refractivity contribution in [3.63, 3.8) is 0 Å². The van der Waals surface area contributed by atoms with Crippen LogP contribution in [0, 0.1) is 20.8 Å². The van der Waals surface area contributed by atoms with Gasteiger partial charge in [-0.15, -0.1) is 0 Å². The summed E-state index contributed by atoms with van der Waals surface area (Å²) < 4.78 is 0. The molecule has 0 atom stereocenters. The second kappa shape index (κ2) is 10.7. The number of hydrogen-bond donors (Lipinski definition) is 2. The highest BCUT2D eigenvalue weighted by Gasteiger charge is 2.18. The van der Waals surface area contributed by atoms with Gasteiger partial charge in [-0.25, -0.2) is 0 Å². The lowest BCUT2D eigenvalue weighted by Gasteiger charge is -2.37. The number of carbonyl (C=O) groups is 1. The molecule has 0 radical (unpaired) electrons. The number of H-pyrrole nitrogens is 1. The molecule has 1 aliphatic rings. The van der Waals surface area contributed by atoms with Crippen LogP contribution >= 0.6 is 0 Å². The number of hydrogen-bond acceptors (Lipinski definition) is 3. The molecule has 1 amide bonds. The van der Waals surface area contributed by atoms with Crippen LogP contribution in [-0.4, -0.2) is 55.1 Å². The summed E-state index contributed by atoms with van der Waals surface area (Å²) in [4.78, 5) is 21.1. The maximum absolute atomic E-state index is 12.7. The SMILES string of the molecule is Cc1cccc(N2CCN(CCCCNC(=O)c3cc(-c4ccccc4)[nH]c3C)CC2)c1C. The zero-order valence-electron chi connectivity index (χ0n) is 20.2. The van der Waals surface area contributed by atoms with Crippen molar-refractivity contribution in [2.24, 2.45) is 0 Å². The molecule has 0 bridgehead atoms. The third-order valence-corrected chi connectivity index (χ3v) is 6.82. The molecule has 0 spiro atoms. The molecule has 4 rings (SSSR count). The van der Waals surface area contributed by atoms with Crippen molar-refractivity contribution in [3.05, 3.63) is 77.0 Å².